The second-order valence-corrected chi connectivity index (χ2v) is 7.78. The van der Waals surface area contributed by atoms with E-state index in [0.29, 0.717) is 22.6 Å². The minimum Gasteiger partial charge on any atom is -0.460 e. The zero-order valence-electron chi connectivity index (χ0n) is 14.3. The van der Waals surface area contributed by atoms with Gasteiger partial charge in [-0.1, -0.05) is 27.2 Å². The molecule has 4 nitrogen and oxygen atoms in total. The minimum atomic E-state index is -0.452. The van der Waals surface area contributed by atoms with Gasteiger partial charge in [0.15, 0.2) is 6.61 Å². The molecule has 1 heterocycles. The Morgan fingerprint density at radius 3 is 2.70 bits per heavy atom. The molecule has 1 fully saturated rings. The first-order chi connectivity index (χ1) is 10.9. The average molecular weight is 338 g/mol. The van der Waals surface area contributed by atoms with Crippen LogP contribution in [0.3, 0.4) is 0 Å². The second kappa shape index (κ2) is 7.95. The highest BCUT2D eigenvalue weighted by Gasteiger charge is 2.33. The Morgan fingerprint density at radius 2 is 2.09 bits per heavy atom. The number of aryl methyl sites for hydroxylation is 1. The van der Waals surface area contributed by atoms with E-state index in [2.05, 4.69) is 20.8 Å². The van der Waals surface area contributed by atoms with E-state index in [1.54, 1.807) is 0 Å². The third kappa shape index (κ3) is 4.80. The van der Waals surface area contributed by atoms with Gasteiger partial charge in [-0.05, 0) is 54.5 Å². The van der Waals surface area contributed by atoms with E-state index >= 15 is 0 Å². The van der Waals surface area contributed by atoms with Crippen LogP contribution in [-0.4, -0.2) is 24.6 Å². The zero-order valence-corrected chi connectivity index (χ0v) is 15.2. The quantitative estimate of drug-likeness (QED) is 0.754. The molecule has 128 valence electrons. The summed E-state index contributed by atoms with van der Waals surface area (Å²) in [5.74, 6) is 0.547. The maximum Gasteiger partial charge on any atom is 0.349 e. The Bertz CT molecular complexity index is 549. The molecule has 0 aromatic carbocycles. The molecule has 0 saturated heterocycles. The molecule has 1 aliphatic carbocycles. The van der Waals surface area contributed by atoms with Crippen molar-refractivity contribution in [3.63, 3.8) is 0 Å². The maximum atomic E-state index is 12.0. The van der Waals surface area contributed by atoms with Crippen molar-refractivity contribution >= 4 is 23.3 Å². The smallest absolute Gasteiger partial charge is 0.349 e. The molecule has 0 aliphatic heterocycles. The molecular formula is C18H26O4S. The number of rotatable bonds is 5. The summed E-state index contributed by atoms with van der Waals surface area (Å²) in [6.07, 6.45) is 3.11. The van der Waals surface area contributed by atoms with Gasteiger partial charge in [0.2, 0.25) is 0 Å². The molecule has 0 radical (unpaired) electrons. The molecule has 23 heavy (non-hydrogen) atoms. The fourth-order valence-electron chi connectivity index (χ4n) is 3.22. The summed E-state index contributed by atoms with van der Waals surface area (Å²) in [4.78, 5) is 24.5. The van der Waals surface area contributed by atoms with Gasteiger partial charge in [0.25, 0.3) is 0 Å². The van der Waals surface area contributed by atoms with Crippen LogP contribution in [0.1, 0.15) is 55.3 Å². The van der Waals surface area contributed by atoms with Crippen LogP contribution in [0.4, 0.5) is 0 Å². The summed E-state index contributed by atoms with van der Waals surface area (Å²) < 4.78 is 10.7. The van der Waals surface area contributed by atoms with Crippen molar-refractivity contribution in [1.82, 2.24) is 0 Å². The number of hydrogen-bond acceptors (Lipinski definition) is 5. The number of carbonyl (C=O) groups is 2. The molecule has 5 heteroatoms. The number of hydrogen-bond donors (Lipinski definition) is 0. The van der Waals surface area contributed by atoms with E-state index in [4.69, 9.17) is 9.47 Å². The second-order valence-electron chi connectivity index (χ2n) is 6.86. The van der Waals surface area contributed by atoms with E-state index in [1.165, 1.54) is 17.8 Å². The van der Waals surface area contributed by atoms with Crippen LogP contribution in [0.15, 0.2) is 11.4 Å². The first kappa shape index (κ1) is 18.0. The normalized spacial score (nSPS) is 24.5. The minimum absolute atomic E-state index is 0.0616. The molecular weight excluding hydrogens is 312 g/mol. The third-order valence-electron chi connectivity index (χ3n) is 4.61. The molecule has 1 aromatic heterocycles. The third-order valence-corrected chi connectivity index (χ3v) is 5.61. The molecule has 2 rings (SSSR count). The Balaban J connectivity index is 1.85. The highest BCUT2D eigenvalue weighted by Crippen LogP contribution is 2.35. The molecule has 3 atom stereocenters. The van der Waals surface area contributed by atoms with Gasteiger partial charge in [0, 0.05) is 0 Å². The molecule has 0 bridgehead atoms. The summed E-state index contributed by atoms with van der Waals surface area (Å²) in [6, 6.07) is 1.86. The molecule has 0 unspecified atom stereocenters. The van der Waals surface area contributed by atoms with Gasteiger partial charge in [-0.25, -0.2) is 9.59 Å². The average Bonchev–Trinajstić information content (AvgIpc) is 2.90. The summed E-state index contributed by atoms with van der Waals surface area (Å²) in [6.45, 7) is 8.06. The zero-order chi connectivity index (χ0) is 17.0. The highest BCUT2D eigenvalue weighted by molar-refractivity contribution is 7.12. The van der Waals surface area contributed by atoms with Gasteiger partial charge in [-0.2, -0.15) is 0 Å². The van der Waals surface area contributed by atoms with Crippen molar-refractivity contribution in [2.75, 3.05) is 6.61 Å². The van der Waals surface area contributed by atoms with Crippen LogP contribution < -0.4 is 0 Å². The van der Waals surface area contributed by atoms with E-state index in [-0.39, 0.29) is 12.7 Å². The van der Waals surface area contributed by atoms with Gasteiger partial charge in [-0.3, -0.25) is 0 Å². The lowest BCUT2D eigenvalue weighted by molar-refractivity contribution is -0.159. The number of ether oxygens (including phenoxy) is 2. The van der Waals surface area contributed by atoms with E-state index in [9.17, 15) is 9.59 Å². The summed E-state index contributed by atoms with van der Waals surface area (Å²) in [5.41, 5.74) is 0.870. The van der Waals surface area contributed by atoms with Crippen molar-refractivity contribution in [2.45, 2.75) is 53.1 Å². The molecule has 0 N–H and O–H groups in total. The highest BCUT2D eigenvalue weighted by atomic mass is 32.1. The number of thiophene rings is 1. The van der Waals surface area contributed by atoms with Gasteiger partial charge >= 0.3 is 11.9 Å². The van der Waals surface area contributed by atoms with Crippen LogP contribution in [0.5, 0.6) is 0 Å². The standard InChI is InChI=1S/C18H26O4S/c1-11(2)14-6-5-12(3)9-15(14)22-16(19)10-21-18(20)17-13(4)7-8-23-17/h7-8,11-12,14-15H,5-6,9-10H2,1-4H3/t12-,14+,15+/m1/s1. The first-order valence-electron chi connectivity index (χ1n) is 8.29. The predicted octanol–water partition coefficient (Wildman–Crippen LogP) is 4.22. The van der Waals surface area contributed by atoms with Crippen LogP contribution in [0, 0.1) is 24.7 Å². The lowest BCUT2D eigenvalue weighted by Crippen LogP contribution is -2.36. The molecule has 0 spiro atoms. The summed E-state index contributed by atoms with van der Waals surface area (Å²) in [5, 5.41) is 1.83. The van der Waals surface area contributed by atoms with Crippen molar-refractivity contribution in [1.29, 1.82) is 0 Å². The molecule has 1 aromatic rings. The summed E-state index contributed by atoms with van der Waals surface area (Å²) in [7, 11) is 0. The van der Waals surface area contributed by atoms with Gasteiger partial charge < -0.3 is 9.47 Å². The fourth-order valence-corrected chi connectivity index (χ4v) is 4.04. The van der Waals surface area contributed by atoms with Crippen LogP contribution in [0.2, 0.25) is 0 Å². The fraction of sp³-hybridized carbons (Fsp3) is 0.667. The van der Waals surface area contributed by atoms with E-state index < -0.39 is 11.9 Å². The Morgan fingerprint density at radius 1 is 1.35 bits per heavy atom. The molecule has 1 saturated carbocycles. The van der Waals surface area contributed by atoms with Gasteiger partial charge in [0.1, 0.15) is 11.0 Å². The van der Waals surface area contributed by atoms with Gasteiger partial charge in [0.05, 0.1) is 0 Å². The Labute approximate surface area is 142 Å². The Kier molecular flexibility index (Phi) is 6.22. The monoisotopic (exact) mass is 338 g/mol. The van der Waals surface area contributed by atoms with E-state index in [1.807, 2.05) is 18.4 Å². The van der Waals surface area contributed by atoms with Crippen molar-refractivity contribution < 1.29 is 19.1 Å². The number of esters is 2. The SMILES string of the molecule is Cc1ccsc1C(=O)OCC(=O)O[C@H]1C[C@H](C)CC[C@H]1C(C)C. The number of carbonyl (C=O) groups excluding carboxylic acids is 2. The van der Waals surface area contributed by atoms with Crippen LogP contribution in [0.25, 0.3) is 0 Å². The molecule has 0 amide bonds. The lowest BCUT2D eigenvalue weighted by atomic mass is 9.75. The van der Waals surface area contributed by atoms with Crippen molar-refractivity contribution in [3.8, 4) is 0 Å². The Hall–Kier alpha value is -1.36. The van der Waals surface area contributed by atoms with Crippen LogP contribution >= 0.6 is 11.3 Å². The van der Waals surface area contributed by atoms with E-state index in [0.717, 1.165) is 18.4 Å². The predicted molar refractivity (Wildman–Crippen MR) is 90.6 cm³/mol. The largest absolute Gasteiger partial charge is 0.460 e. The first-order valence-corrected chi connectivity index (χ1v) is 9.17. The maximum absolute atomic E-state index is 12.0. The van der Waals surface area contributed by atoms with Crippen molar-refractivity contribution in [2.24, 2.45) is 17.8 Å². The topological polar surface area (TPSA) is 52.6 Å². The lowest BCUT2D eigenvalue weighted by Gasteiger charge is -2.36. The summed E-state index contributed by atoms with van der Waals surface area (Å²) >= 11 is 1.32. The van der Waals surface area contributed by atoms with Crippen molar-refractivity contribution in [3.05, 3.63) is 21.9 Å². The van der Waals surface area contributed by atoms with Gasteiger partial charge in [-0.15, -0.1) is 11.3 Å². The molecule has 1 aliphatic rings. The van der Waals surface area contributed by atoms with Crippen LogP contribution in [-0.2, 0) is 14.3 Å².